The highest BCUT2D eigenvalue weighted by molar-refractivity contribution is 5.71. The van der Waals surface area contributed by atoms with Crippen LogP contribution >= 0.6 is 0 Å². The van der Waals surface area contributed by atoms with Gasteiger partial charge in [-0.25, -0.2) is 0 Å². The summed E-state index contributed by atoms with van der Waals surface area (Å²) in [5.74, 6) is -0.119. The first-order valence-corrected chi connectivity index (χ1v) is 10.9. The molecule has 1 N–H and O–H groups in total. The number of nitrogens with zero attached hydrogens (tertiary/aromatic N) is 1. The van der Waals surface area contributed by atoms with Crippen molar-refractivity contribution in [1.82, 2.24) is 4.90 Å². The molecule has 0 aromatic heterocycles. The summed E-state index contributed by atoms with van der Waals surface area (Å²) >= 11 is 0. The zero-order chi connectivity index (χ0) is 22.7. The summed E-state index contributed by atoms with van der Waals surface area (Å²) in [5.41, 5.74) is 2.47. The zero-order valence-electron chi connectivity index (χ0n) is 17.6. The molecule has 32 heavy (non-hydrogen) atoms. The summed E-state index contributed by atoms with van der Waals surface area (Å²) in [5, 5.41) is 9.13. The lowest BCUT2D eigenvalue weighted by Gasteiger charge is -2.42. The molecule has 1 aliphatic heterocycles. The van der Waals surface area contributed by atoms with Crippen molar-refractivity contribution in [2.24, 2.45) is 5.92 Å². The summed E-state index contributed by atoms with van der Waals surface area (Å²) in [7, 11) is 0. The van der Waals surface area contributed by atoms with Crippen molar-refractivity contribution in [2.45, 2.75) is 37.9 Å². The van der Waals surface area contributed by atoms with Crippen LogP contribution in [0.5, 0.6) is 5.75 Å². The minimum Gasteiger partial charge on any atom is -0.489 e. The van der Waals surface area contributed by atoms with Crippen LogP contribution in [0.3, 0.4) is 0 Å². The number of benzene rings is 2. The topological polar surface area (TPSA) is 49.8 Å². The van der Waals surface area contributed by atoms with Gasteiger partial charge in [0.15, 0.2) is 0 Å². The van der Waals surface area contributed by atoms with E-state index in [0.717, 1.165) is 43.6 Å². The van der Waals surface area contributed by atoms with Crippen LogP contribution in [0.1, 0.15) is 35.1 Å². The lowest BCUT2D eigenvalue weighted by Crippen LogP contribution is -2.55. The third-order valence-corrected chi connectivity index (χ3v) is 6.31. The molecule has 2 aromatic rings. The van der Waals surface area contributed by atoms with Gasteiger partial charge in [0.25, 0.3) is 0 Å². The summed E-state index contributed by atoms with van der Waals surface area (Å²) in [6.45, 7) is 1.58. The Kier molecular flexibility index (Phi) is 6.55. The molecule has 2 aliphatic rings. The number of halogens is 3. The molecule has 0 radical (unpaired) electrons. The second kappa shape index (κ2) is 9.36. The first kappa shape index (κ1) is 22.4. The molecule has 1 heterocycles. The molecule has 1 saturated heterocycles. The van der Waals surface area contributed by atoms with Crippen molar-refractivity contribution < 1.29 is 27.8 Å². The molecule has 0 bridgehead atoms. The van der Waals surface area contributed by atoms with Crippen molar-refractivity contribution in [3.05, 3.63) is 70.8 Å². The lowest BCUT2D eigenvalue weighted by atomic mass is 9.93. The summed E-state index contributed by atoms with van der Waals surface area (Å²) in [6, 6.07) is 11.4. The molecule has 4 rings (SSSR count). The number of rotatable bonds is 6. The summed E-state index contributed by atoms with van der Waals surface area (Å²) in [6.07, 6.45) is 3.08. The number of hydrogen-bond donors (Lipinski definition) is 1. The molecule has 0 saturated carbocycles. The molecule has 2 aromatic carbocycles. The predicted octanol–water partition coefficient (Wildman–Crippen LogP) is 5.06. The van der Waals surface area contributed by atoms with Crippen molar-refractivity contribution in [1.29, 1.82) is 0 Å². The fraction of sp³-hybridized carbons (Fsp3) is 0.400. The minimum absolute atomic E-state index is 0.246. The predicted molar refractivity (Wildman–Crippen MR) is 116 cm³/mol. The van der Waals surface area contributed by atoms with Gasteiger partial charge in [-0.3, -0.25) is 9.69 Å². The smallest absolute Gasteiger partial charge is 0.416 e. The highest BCUT2D eigenvalue weighted by atomic mass is 19.4. The fourth-order valence-corrected chi connectivity index (χ4v) is 4.48. The molecule has 0 amide bonds. The van der Waals surface area contributed by atoms with E-state index in [-0.39, 0.29) is 5.92 Å². The van der Waals surface area contributed by atoms with Gasteiger partial charge in [0.05, 0.1) is 11.5 Å². The van der Waals surface area contributed by atoms with Gasteiger partial charge in [-0.05, 0) is 66.6 Å². The van der Waals surface area contributed by atoms with Gasteiger partial charge in [0.2, 0.25) is 0 Å². The first-order valence-electron chi connectivity index (χ1n) is 10.9. The second-order valence-electron chi connectivity index (χ2n) is 8.47. The van der Waals surface area contributed by atoms with E-state index in [0.29, 0.717) is 31.3 Å². The SMILES string of the molecule is O=C(O)C1CN(C2CCCc3c(cccc3OC/C=C/c3ccc(C(F)(F)F)cc3)C2)C1. The minimum atomic E-state index is -4.33. The maximum atomic E-state index is 12.7. The van der Waals surface area contributed by atoms with Crippen LogP contribution in [0, 0.1) is 5.92 Å². The monoisotopic (exact) mass is 445 g/mol. The van der Waals surface area contributed by atoms with Crippen LogP contribution < -0.4 is 4.74 Å². The number of carboxylic acids is 1. The molecular formula is C25H26F3NO3. The van der Waals surface area contributed by atoms with Gasteiger partial charge < -0.3 is 9.84 Å². The van der Waals surface area contributed by atoms with Crippen molar-refractivity contribution in [3.63, 3.8) is 0 Å². The van der Waals surface area contributed by atoms with Crippen LogP contribution in [0.4, 0.5) is 13.2 Å². The van der Waals surface area contributed by atoms with E-state index < -0.39 is 17.7 Å². The Labute approximate surface area is 185 Å². The number of likely N-dealkylation sites (tertiary alicyclic amines) is 1. The average molecular weight is 445 g/mol. The number of ether oxygens (including phenoxy) is 1. The largest absolute Gasteiger partial charge is 0.489 e. The highest BCUT2D eigenvalue weighted by Crippen LogP contribution is 2.33. The maximum Gasteiger partial charge on any atom is 0.416 e. The number of aliphatic carboxylic acids is 1. The van der Waals surface area contributed by atoms with Crippen LogP contribution in [0.15, 0.2) is 48.5 Å². The van der Waals surface area contributed by atoms with E-state index in [2.05, 4.69) is 11.0 Å². The van der Waals surface area contributed by atoms with E-state index in [1.807, 2.05) is 12.1 Å². The maximum absolute atomic E-state index is 12.7. The van der Waals surface area contributed by atoms with Gasteiger partial charge in [-0.2, -0.15) is 13.2 Å². The van der Waals surface area contributed by atoms with E-state index in [1.54, 1.807) is 12.2 Å². The highest BCUT2D eigenvalue weighted by Gasteiger charge is 2.37. The molecule has 4 nitrogen and oxygen atoms in total. The number of alkyl halides is 3. The molecule has 0 spiro atoms. The van der Waals surface area contributed by atoms with Crippen LogP contribution in [0.2, 0.25) is 0 Å². The third-order valence-electron chi connectivity index (χ3n) is 6.31. The lowest BCUT2D eigenvalue weighted by molar-refractivity contribution is -0.148. The summed E-state index contributed by atoms with van der Waals surface area (Å²) in [4.78, 5) is 13.4. The molecular weight excluding hydrogens is 419 g/mol. The Balaban J connectivity index is 1.35. The van der Waals surface area contributed by atoms with Crippen molar-refractivity contribution >= 4 is 12.0 Å². The molecule has 170 valence electrons. The van der Waals surface area contributed by atoms with Gasteiger partial charge in [-0.15, -0.1) is 0 Å². The average Bonchev–Trinajstić information content (AvgIpc) is 2.92. The number of hydrogen-bond acceptors (Lipinski definition) is 3. The van der Waals surface area contributed by atoms with E-state index in [4.69, 9.17) is 9.84 Å². The van der Waals surface area contributed by atoms with Gasteiger partial charge >= 0.3 is 12.1 Å². The molecule has 1 atom stereocenters. The fourth-order valence-electron chi connectivity index (χ4n) is 4.48. The molecule has 1 aliphatic carbocycles. The van der Waals surface area contributed by atoms with Crippen molar-refractivity contribution in [3.8, 4) is 5.75 Å². The second-order valence-corrected chi connectivity index (χ2v) is 8.47. The Morgan fingerprint density at radius 2 is 1.91 bits per heavy atom. The third kappa shape index (κ3) is 5.15. The Hall–Kier alpha value is -2.80. The normalized spacial score (nSPS) is 19.9. The standard InChI is InChI=1S/C25H26F3NO3/c26-25(27,28)20-11-9-17(10-12-20)4-3-13-32-23-8-1-5-18-14-21(6-2-7-22(18)23)29-15-19(16-29)24(30)31/h1,3-5,8-12,19,21H,2,6-7,13-16H2,(H,30,31)/b4-3+. The van der Waals surface area contributed by atoms with Gasteiger partial charge in [0, 0.05) is 19.1 Å². The van der Waals surface area contributed by atoms with Crippen LogP contribution in [-0.4, -0.2) is 41.7 Å². The Morgan fingerprint density at radius 1 is 1.16 bits per heavy atom. The van der Waals surface area contributed by atoms with Crippen molar-refractivity contribution in [2.75, 3.05) is 19.7 Å². The molecule has 7 heteroatoms. The first-order chi connectivity index (χ1) is 15.3. The molecule has 1 unspecified atom stereocenters. The Morgan fingerprint density at radius 3 is 2.59 bits per heavy atom. The van der Waals surface area contributed by atoms with Crippen LogP contribution in [-0.2, 0) is 23.8 Å². The molecule has 1 fully saturated rings. The number of fused-ring (bicyclic) bond motifs is 1. The van der Waals surface area contributed by atoms with Gasteiger partial charge in [-0.1, -0.05) is 30.3 Å². The quantitative estimate of drug-likeness (QED) is 0.632. The zero-order valence-corrected chi connectivity index (χ0v) is 17.6. The van der Waals surface area contributed by atoms with Crippen LogP contribution in [0.25, 0.3) is 6.08 Å². The van der Waals surface area contributed by atoms with E-state index in [1.165, 1.54) is 23.3 Å². The van der Waals surface area contributed by atoms with Gasteiger partial charge in [0.1, 0.15) is 12.4 Å². The number of carbonyl (C=O) groups is 1. The number of carboxylic acid groups (broad SMARTS) is 1. The van der Waals surface area contributed by atoms with E-state index in [9.17, 15) is 18.0 Å². The Bertz CT molecular complexity index is 979. The summed E-state index contributed by atoms with van der Waals surface area (Å²) < 4.78 is 44.0. The van der Waals surface area contributed by atoms with E-state index >= 15 is 0 Å².